The third-order valence-electron chi connectivity index (χ3n) is 7.15. The highest BCUT2D eigenvalue weighted by molar-refractivity contribution is 5.93. The molecule has 0 unspecified atom stereocenters. The van der Waals surface area contributed by atoms with Crippen LogP contribution in [0.4, 0.5) is 4.79 Å². The third-order valence-corrected chi connectivity index (χ3v) is 7.15. The molecule has 1 aromatic rings. The fourth-order valence-corrected chi connectivity index (χ4v) is 4.75. The van der Waals surface area contributed by atoms with Gasteiger partial charge in [-0.25, -0.2) is 9.59 Å². The number of nitrogens with zero attached hydrogens (tertiary/aromatic N) is 2. The van der Waals surface area contributed by atoms with Gasteiger partial charge >= 0.3 is 12.1 Å². The largest absolute Gasteiger partial charge is 0.478 e. The number of aliphatic carboxylic acids is 1. The van der Waals surface area contributed by atoms with Gasteiger partial charge in [0.05, 0.1) is 6.04 Å². The Morgan fingerprint density at radius 1 is 0.902 bits per heavy atom. The zero-order valence-electron chi connectivity index (χ0n) is 27.2. The van der Waals surface area contributed by atoms with Crippen LogP contribution in [-0.2, 0) is 24.5 Å². The zero-order chi connectivity index (χ0) is 32.1. The lowest BCUT2D eigenvalue weighted by Gasteiger charge is -2.42. The molecule has 0 aliphatic heterocycles. The number of benzene rings is 1. The lowest BCUT2D eigenvalue weighted by molar-refractivity contribution is -0.142. The van der Waals surface area contributed by atoms with E-state index >= 15 is 0 Å². The highest BCUT2D eigenvalue weighted by Crippen LogP contribution is 2.32. The zero-order valence-corrected chi connectivity index (χ0v) is 27.2. The lowest BCUT2D eigenvalue weighted by atomic mass is 9.76. The normalized spacial score (nSPS) is 15.0. The van der Waals surface area contributed by atoms with Gasteiger partial charge in [-0.2, -0.15) is 0 Å². The van der Waals surface area contributed by atoms with Gasteiger partial charge in [-0.05, 0) is 44.6 Å². The van der Waals surface area contributed by atoms with Crippen LogP contribution in [0, 0.1) is 11.3 Å². The summed E-state index contributed by atoms with van der Waals surface area (Å²) < 4.78 is 5.61. The molecule has 3 atom stereocenters. The van der Waals surface area contributed by atoms with E-state index < -0.39 is 52.5 Å². The number of hydrogen-bond acceptors (Lipinski definition) is 5. The highest BCUT2D eigenvalue weighted by atomic mass is 16.6. The molecule has 1 rings (SSSR count). The van der Waals surface area contributed by atoms with Crippen LogP contribution in [0.25, 0.3) is 0 Å². The number of rotatable bonds is 10. The monoisotopic (exact) mass is 573 g/mol. The first-order valence-electron chi connectivity index (χ1n) is 14.0. The van der Waals surface area contributed by atoms with Gasteiger partial charge in [0.2, 0.25) is 11.8 Å². The molecular weight excluding hydrogens is 522 g/mol. The minimum atomic E-state index is -1.06. The Morgan fingerprint density at radius 2 is 1.41 bits per heavy atom. The van der Waals surface area contributed by atoms with E-state index in [-0.39, 0.29) is 17.4 Å². The van der Waals surface area contributed by atoms with Crippen LogP contribution < -0.4 is 5.32 Å². The Labute approximate surface area is 246 Å². The van der Waals surface area contributed by atoms with Crippen molar-refractivity contribution in [3.8, 4) is 0 Å². The Kier molecular flexibility index (Phi) is 11.8. The Hall–Kier alpha value is -3.36. The minimum Gasteiger partial charge on any atom is -0.478 e. The van der Waals surface area contributed by atoms with Crippen molar-refractivity contribution >= 4 is 23.9 Å². The molecule has 1 aromatic carbocycles. The number of carbonyl (C=O) groups excluding carboxylic acids is 3. The second kappa shape index (κ2) is 13.5. The second-order valence-electron chi connectivity index (χ2n) is 13.7. The maximum Gasteiger partial charge on any atom is 0.410 e. The number of nitrogens with one attached hydrogen (secondary N) is 1. The molecule has 0 aromatic heterocycles. The maximum absolute atomic E-state index is 14.2. The molecule has 230 valence electrons. The average molecular weight is 574 g/mol. The molecule has 0 spiro atoms. The third kappa shape index (κ3) is 9.61. The predicted octanol–water partition coefficient (Wildman–Crippen LogP) is 5.24. The molecule has 0 fully saturated rings. The minimum absolute atomic E-state index is 0.0855. The van der Waals surface area contributed by atoms with Crippen molar-refractivity contribution in [2.24, 2.45) is 11.3 Å². The molecule has 3 amide bonds. The summed E-state index contributed by atoms with van der Waals surface area (Å²) in [5.41, 5.74) is -1.39. The molecule has 0 aliphatic rings. The highest BCUT2D eigenvalue weighted by Gasteiger charge is 2.45. The van der Waals surface area contributed by atoms with E-state index in [4.69, 9.17) is 4.74 Å². The first-order chi connectivity index (χ1) is 18.5. The van der Waals surface area contributed by atoms with Crippen molar-refractivity contribution in [3.05, 3.63) is 47.5 Å². The molecule has 2 N–H and O–H groups in total. The number of amides is 3. The standard InChI is InChI=1S/C32H51N3O6/c1-20(2)23(19-21(3)28(38)39)34(12)27(37)24(30(4,5)6)33-26(36)25(35(13)29(40)41-31(7,8)9)32(10,11)22-17-15-14-16-18-22/h14-20,23-25H,1-13H3,(H,33,36)(H,38,39)/b21-19+/t23-,24-,25-/m1/s1. The fraction of sp³-hybridized carbons (Fsp3) is 0.625. The van der Waals surface area contributed by atoms with E-state index in [1.807, 2.05) is 78.8 Å². The smallest absolute Gasteiger partial charge is 0.410 e. The molecule has 0 saturated heterocycles. The number of carboxylic acid groups (broad SMARTS) is 1. The first kappa shape index (κ1) is 35.7. The van der Waals surface area contributed by atoms with E-state index in [9.17, 15) is 24.3 Å². The second-order valence-corrected chi connectivity index (χ2v) is 13.7. The van der Waals surface area contributed by atoms with E-state index in [1.54, 1.807) is 33.9 Å². The van der Waals surface area contributed by atoms with Crippen LogP contribution in [0.2, 0.25) is 0 Å². The number of carbonyl (C=O) groups is 4. The number of likely N-dealkylation sites (N-methyl/N-ethyl adjacent to an activating group) is 2. The van der Waals surface area contributed by atoms with E-state index in [1.165, 1.54) is 23.8 Å². The van der Waals surface area contributed by atoms with Crippen LogP contribution in [0.3, 0.4) is 0 Å². The SMILES string of the molecule is C/C(=C\[C@H](C(C)C)N(C)C(=O)[C@@H](NC(=O)[C@@H](N(C)C(=O)OC(C)(C)C)C(C)(C)c1ccccc1)C(C)(C)C)C(=O)O. The van der Waals surface area contributed by atoms with Gasteiger partial charge in [-0.3, -0.25) is 14.5 Å². The quantitative estimate of drug-likeness (QED) is 0.370. The van der Waals surface area contributed by atoms with Gasteiger partial charge < -0.3 is 20.1 Å². The molecule has 9 heteroatoms. The van der Waals surface area contributed by atoms with E-state index in [0.717, 1.165) is 5.56 Å². The lowest BCUT2D eigenvalue weighted by Crippen LogP contribution is -2.63. The van der Waals surface area contributed by atoms with Crippen LogP contribution in [0.5, 0.6) is 0 Å². The summed E-state index contributed by atoms with van der Waals surface area (Å²) in [7, 11) is 3.14. The summed E-state index contributed by atoms with van der Waals surface area (Å²) in [6.07, 6.45) is 0.899. The molecule has 0 saturated carbocycles. The molecular formula is C32H51N3O6. The number of ether oxygens (including phenoxy) is 1. The summed E-state index contributed by atoms with van der Waals surface area (Å²) in [5.74, 6) is -2.02. The summed E-state index contributed by atoms with van der Waals surface area (Å²) in [5, 5.41) is 12.4. The van der Waals surface area contributed by atoms with Crippen molar-refractivity contribution in [1.82, 2.24) is 15.1 Å². The molecule has 0 bridgehead atoms. The van der Waals surface area contributed by atoms with Gasteiger partial charge in [0, 0.05) is 25.1 Å². The Bertz CT molecular complexity index is 1110. The topological polar surface area (TPSA) is 116 Å². The van der Waals surface area contributed by atoms with Crippen LogP contribution >= 0.6 is 0 Å². The maximum atomic E-state index is 14.2. The molecule has 9 nitrogen and oxygen atoms in total. The summed E-state index contributed by atoms with van der Waals surface area (Å²) in [4.78, 5) is 55.7. The molecule has 0 radical (unpaired) electrons. The van der Waals surface area contributed by atoms with Crippen LogP contribution in [0.1, 0.15) is 81.7 Å². The number of carboxylic acids is 1. The Morgan fingerprint density at radius 3 is 1.83 bits per heavy atom. The first-order valence-corrected chi connectivity index (χ1v) is 14.0. The van der Waals surface area contributed by atoms with Gasteiger partial charge in [0.15, 0.2) is 0 Å². The summed E-state index contributed by atoms with van der Waals surface area (Å²) in [6.45, 7) is 19.9. The van der Waals surface area contributed by atoms with Gasteiger partial charge in [-0.15, -0.1) is 0 Å². The van der Waals surface area contributed by atoms with Crippen molar-refractivity contribution < 1.29 is 29.0 Å². The van der Waals surface area contributed by atoms with E-state index in [2.05, 4.69) is 5.32 Å². The van der Waals surface area contributed by atoms with Crippen molar-refractivity contribution in [1.29, 1.82) is 0 Å². The predicted molar refractivity (Wildman–Crippen MR) is 161 cm³/mol. The van der Waals surface area contributed by atoms with Gasteiger partial charge in [0.25, 0.3) is 0 Å². The van der Waals surface area contributed by atoms with Gasteiger partial charge in [0.1, 0.15) is 17.7 Å². The molecule has 0 aliphatic carbocycles. The Balaban J connectivity index is 3.59. The van der Waals surface area contributed by atoms with Crippen LogP contribution in [-0.4, -0.2) is 76.6 Å². The van der Waals surface area contributed by atoms with Crippen molar-refractivity contribution in [2.45, 2.75) is 105 Å². The average Bonchev–Trinajstić information content (AvgIpc) is 2.83. The van der Waals surface area contributed by atoms with E-state index in [0.29, 0.717) is 0 Å². The van der Waals surface area contributed by atoms with Crippen molar-refractivity contribution in [2.75, 3.05) is 14.1 Å². The molecule has 41 heavy (non-hydrogen) atoms. The van der Waals surface area contributed by atoms with Gasteiger partial charge in [-0.1, -0.05) is 84.9 Å². The van der Waals surface area contributed by atoms with Crippen LogP contribution in [0.15, 0.2) is 42.0 Å². The number of hydrogen-bond donors (Lipinski definition) is 2. The molecule has 0 heterocycles. The summed E-state index contributed by atoms with van der Waals surface area (Å²) in [6, 6.07) is 6.90. The fourth-order valence-electron chi connectivity index (χ4n) is 4.75. The summed E-state index contributed by atoms with van der Waals surface area (Å²) >= 11 is 0. The van der Waals surface area contributed by atoms with Crippen molar-refractivity contribution in [3.63, 3.8) is 0 Å².